The molecule has 0 bridgehead atoms. The van der Waals surface area contributed by atoms with Crippen molar-refractivity contribution in [1.82, 2.24) is 4.90 Å². The van der Waals surface area contributed by atoms with Crippen LogP contribution in [0.5, 0.6) is 0 Å². The first-order chi connectivity index (χ1) is 8.70. The Labute approximate surface area is 115 Å². The van der Waals surface area contributed by atoms with Crippen molar-refractivity contribution < 1.29 is 14.6 Å². The molecular formula is C14H26N2O3. The molecule has 0 aromatic carbocycles. The highest BCUT2D eigenvalue weighted by Gasteiger charge is 2.46. The second-order valence-electron chi connectivity index (χ2n) is 7.05. The zero-order valence-electron chi connectivity index (χ0n) is 12.2. The van der Waals surface area contributed by atoms with Crippen LogP contribution in [-0.2, 0) is 4.74 Å². The molecule has 1 aliphatic carbocycles. The third-order valence-electron chi connectivity index (χ3n) is 4.23. The van der Waals surface area contributed by atoms with Crippen molar-refractivity contribution in [2.24, 2.45) is 11.7 Å². The van der Waals surface area contributed by atoms with E-state index >= 15 is 0 Å². The molecule has 110 valence electrons. The van der Waals surface area contributed by atoms with Crippen LogP contribution < -0.4 is 5.73 Å². The fourth-order valence-electron chi connectivity index (χ4n) is 2.87. The maximum Gasteiger partial charge on any atom is 0.410 e. The second kappa shape index (κ2) is 4.94. The first kappa shape index (κ1) is 14.6. The molecule has 0 aromatic heterocycles. The van der Waals surface area contributed by atoms with E-state index in [1.54, 1.807) is 4.90 Å². The van der Waals surface area contributed by atoms with Crippen LogP contribution in [0.15, 0.2) is 0 Å². The molecule has 1 saturated heterocycles. The lowest BCUT2D eigenvalue weighted by atomic mass is 9.70. The molecule has 0 unspecified atom stereocenters. The molecule has 19 heavy (non-hydrogen) atoms. The van der Waals surface area contributed by atoms with Gasteiger partial charge in [-0.3, -0.25) is 0 Å². The Hall–Kier alpha value is -0.810. The summed E-state index contributed by atoms with van der Waals surface area (Å²) in [6.07, 6.45) is 2.81. The van der Waals surface area contributed by atoms with Gasteiger partial charge in [0.2, 0.25) is 0 Å². The number of nitrogens with two attached hydrogens (primary N) is 1. The Balaban J connectivity index is 1.81. The summed E-state index contributed by atoms with van der Waals surface area (Å²) >= 11 is 0. The number of nitrogens with zero attached hydrogens (tertiary/aromatic N) is 1. The van der Waals surface area contributed by atoms with Crippen LogP contribution in [0.1, 0.15) is 46.5 Å². The number of ether oxygens (including phenoxy) is 1. The van der Waals surface area contributed by atoms with E-state index in [0.717, 1.165) is 25.7 Å². The van der Waals surface area contributed by atoms with Gasteiger partial charge in [0.1, 0.15) is 5.60 Å². The van der Waals surface area contributed by atoms with Gasteiger partial charge < -0.3 is 20.5 Å². The highest BCUT2D eigenvalue weighted by atomic mass is 16.6. The molecule has 0 spiro atoms. The smallest absolute Gasteiger partial charge is 0.410 e. The van der Waals surface area contributed by atoms with Crippen molar-refractivity contribution in [3.8, 4) is 0 Å². The molecule has 5 nitrogen and oxygen atoms in total. The Morgan fingerprint density at radius 2 is 1.84 bits per heavy atom. The predicted octanol–water partition coefficient (Wildman–Crippen LogP) is 1.49. The number of aliphatic hydroxyl groups excluding tert-OH is 1. The largest absolute Gasteiger partial charge is 0.444 e. The fourth-order valence-corrected chi connectivity index (χ4v) is 2.87. The normalized spacial score (nSPS) is 32.9. The van der Waals surface area contributed by atoms with Crippen molar-refractivity contribution >= 4 is 6.09 Å². The summed E-state index contributed by atoms with van der Waals surface area (Å²) in [5.41, 5.74) is 5.77. The van der Waals surface area contributed by atoms with Gasteiger partial charge in [0.05, 0.1) is 6.10 Å². The van der Waals surface area contributed by atoms with Gasteiger partial charge in [-0.1, -0.05) is 0 Å². The highest BCUT2D eigenvalue weighted by Crippen LogP contribution is 2.37. The van der Waals surface area contributed by atoms with Crippen LogP contribution in [0.2, 0.25) is 0 Å². The predicted molar refractivity (Wildman–Crippen MR) is 72.7 cm³/mol. The van der Waals surface area contributed by atoms with E-state index in [-0.39, 0.29) is 17.7 Å². The molecule has 2 aliphatic rings. The minimum atomic E-state index is -0.447. The lowest BCUT2D eigenvalue weighted by Crippen LogP contribution is -2.64. The van der Waals surface area contributed by atoms with Crippen molar-refractivity contribution in [2.75, 3.05) is 13.1 Å². The van der Waals surface area contributed by atoms with E-state index in [0.29, 0.717) is 19.0 Å². The van der Waals surface area contributed by atoms with Gasteiger partial charge in [-0.25, -0.2) is 4.79 Å². The lowest BCUT2D eigenvalue weighted by molar-refractivity contribution is -0.0273. The summed E-state index contributed by atoms with van der Waals surface area (Å²) in [5.74, 6) is 0.340. The van der Waals surface area contributed by atoms with E-state index in [9.17, 15) is 9.90 Å². The second-order valence-corrected chi connectivity index (χ2v) is 7.05. The van der Waals surface area contributed by atoms with Crippen LogP contribution in [0.3, 0.4) is 0 Å². The fraction of sp³-hybridized carbons (Fsp3) is 0.929. The molecule has 1 aliphatic heterocycles. The molecule has 3 N–H and O–H groups in total. The standard InChI is InChI=1S/C14H26N2O3/c1-13(2,3)19-12(18)16-8-10(9-16)14(15)6-4-11(17)5-7-14/h10-11,17H,4-9,15H2,1-3H3. The Bertz CT molecular complexity index is 337. The summed E-state index contributed by atoms with van der Waals surface area (Å²) in [6.45, 7) is 6.97. The Kier molecular flexibility index (Phi) is 3.80. The zero-order chi connectivity index (χ0) is 14.3. The molecule has 2 rings (SSSR count). The van der Waals surface area contributed by atoms with Gasteiger partial charge in [0.25, 0.3) is 0 Å². The average molecular weight is 270 g/mol. The van der Waals surface area contributed by atoms with E-state index in [1.165, 1.54) is 0 Å². The number of hydrogen-bond acceptors (Lipinski definition) is 4. The molecule has 0 aromatic rings. The lowest BCUT2D eigenvalue weighted by Gasteiger charge is -2.50. The number of likely N-dealkylation sites (tertiary alicyclic amines) is 1. The van der Waals surface area contributed by atoms with Gasteiger partial charge in [-0.15, -0.1) is 0 Å². The molecule has 1 amide bonds. The van der Waals surface area contributed by atoms with Crippen LogP contribution in [0.4, 0.5) is 4.79 Å². The number of aliphatic hydroxyl groups is 1. The van der Waals surface area contributed by atoms with E-state index < -0.39 is 5.60 Å². The van der Waals surface area contributed by atoms with E-state index in [4.69, 9.17) is 10.5 Å². The SMILES string of the molecule is CC(C)(C)OC(=O)N1CC(C2(N)CCC(O)CC2)C1. The van der Waals surface area contributed by atoms with Gasteiger partial charge >= 0.3 is 6.09 Å². The number of carbonyl (C=O) groups is 1. The van der Waals surface area contributed by atoms with E-state index in [2.05, 4.69) is 0 Å². The summed E-state index contributed by atoms with van der Waals surface area (Å²) in [5, 5.41) is 9.54. The van der Waals surface area contributed by atoms with Crippen LogP contribution in [0, 0.1) is 5.92 Å². The molecule has 2 fully saturated rings. The topological polar surface area (TPSA) is 75.8 Å². The highest BCUT2D eigenvalue weighted by molar-refractivity contribution is 5.69. The summed E-state index contributed by atoms with van der Waals surface area (Å²) in [6, 6.07) is 0. The van der Waals surface area contributed by atoms with Gasteiger partial charge in [0, 0.05) is 24.5 Å². The molecule has 1 saturated carbocycles. The van der Waals surface area contributed by atoms with Crippen LogP contribution >= 0.6 is 0 Å². The minimum absolute atomic E-state index is 0.196. The van der Waals surface area contributed by atoms with Crippen molar-refractivity contribution in [3.05, 3.63) is 0 Å². The number of carbonyl (C=O) groups excluding carboxylic acids is 1. The first-order valence-electron chi connectivity index (χ1n) is 7.14. The Morgan fingerprint density at radius 3 is 2.32 bits per heavy atom. The van der Waals surface area contributed by atoms with Crippen molar-refractivity contribution in [1.29, 1.82) is 0 Å². The van der Waals surface area contributed by atoms with Gasteiger partial charge in [0.15, 0.2) is 0 Å². The minimum Gasteiger partial charge on any atom is -0.444 e. The summed E-state index contributed by atoms with van der Waals surface area (Å²) < 4.78 is 5.33. The maximum absolute atomic E-state index is 11.8. The molecule has 0 atom stereocenters. The molecule has 1 heterocycles. The molecular weight excluding hydrogens is 244 g/mol. The van der Waals surface area contributed by atoms with Crippen molar-refractivity contribution in [2.45, 2.75) is 63.7 Å². The Morgan fingerprint density at radius 1 is 1.32 bits per heavy atom. The summed E-state index contributed by atoms with van der Waals surface area (Å²) in [7, 11) is 0. The average Bonchev–Trinajstić information content (AvgIpc) is 2.18. The third-order valence-corrected chi connectivity index (χ3v) is 4.23. The van der Waals surface area contributed by atoms with Gasteiger partial charge in [-0.05, 0) is 46.5 Å². The summed E-state index contributed by atoms with van der Waals surface area (Å²) in [4.78, 5) is 13.6. The van der Waals surface area contributed by atoms with Crippen LogP contribution in [0.25, 0.3) is 0 Å². The quantitative estimate of drug-likeness (QED) is 0.757. The number of amides is 1. The third kappa shape index (κ3) is 3.39. The van der Waals surface area contributed by atoms with Crippen molar-refractivity contribution in [3.63, 3.8) is 0 Å². The van der Waals surface area contributed by atoms with Gasteiger partial charge in [-0.2, -0.15) is 0 Å². The molecule has 5 heteroatoms. The van der Waals surface area contributed by atoms with E-state index in [1.807, 2.05) is 20.8 Å². The molecule has 0 radical (unpaired) electrons. The maximum atomic E-state index is 11.8. The first-order valence-corrected chi connectivity index (χ1v) is 7.14. The number of rotatable bonds is 1. The number of hydrogen-bond donors (Lipinski definition) is 2. The monoisotopic (exact) mass is 270 g/mol. The van der Waals surface area contributed by atoms with Crippen LogP contribution in [-0.4, -0.2) is 46.4 Å². The zero-order valence-corrected chi connectivity index (χ0v) is 12.2.